The Balaban J connectivity index is 2.22. The Labute approximate surface area is 164 Å². The first-order valence-corrected chi connectivity index (χ1v) is 10.2. The van der Waals surface area contributed by atoms with E-state index in [1.807, 2.05) is 0 Å². The average molecular weight is 508 g/mol. The van der Waals surface area contributed by atoms with Gasteiger partial charge in [-0.1, -0.05) is 43.1 Å². The smallest absolute Gasteiger partial charge is 0.240 e. The maximum Gasteiger partial charge on any atom is 0.240 e. The molecule has 0 aliphatic carbocycles. The van der Waals surface area contributed by atoms with Crippen molar-refractivity contribution in [3.05, 3.63) is 56.9 Å². The highest BCUT2D eigenvalue weighted by Gasteiger charge is 2.22. The number of alkyl halides is 1. The number of halogens is 4. The first-order valence-electron chi connectivity index (χ1n) is 7.04. The van der Waals surface area contributed by atoms with E-state index in [1.165, 1.54) is 6.07 Å². The molecule has 0 spiro atoms. The van der Waals surface area contributed by atoms with Crippen LogP contribution in [-0.4, -0.2) is 13.6 Å². The molecule has 0 aliphatic rings. The lowest BCUT2D eigenvalue weighted by Gasteiger charge is -2.07. The Morgan fingerprint density at radius 3 is 2.27 bits per heavy atom. The molecular weight excluding hydrogens is 498 g/mol. The van der Waals surface area contributed by atoms with E-state index in [1.54, 1.807) is 18.2 Å². The minimum Gasteiger partial charge on any atom is -0.357 e. The Kier molecular flexibility index (Phi) is 5.29. The quantitative estimate of drug-likeness (QED) is 0.550. The van der Waals surface area contributed by atoms with E-state index < -0.39 is 27.4 Å². The standard InChI is InChI=1S/C16H10Br2F2N2O3S/c17-10-3-9(4-11(18)6-10)16-15(13(7-19)25-22-16)8-1-2-14(12(20)5-8)26(21,23)24/h1-6H,7H2,(H2,21,23,24). The van der Waals surface area contributed by atoms with Crippen molar-refractivity contribution in [2.45, 2.75) is 11.6 Å². The van der Waals surface area contributed by atoms with Gasteiger partial charge in [0, 0.05) is 14.5 Å². The molecule has 0 saturated carbocycles. The van der Waals surface area contributed by atoms with E-state index in [9.17, 15) is 17.2 Å². The summed E-state index contributed by atoms with van der Waals surface area (Å²) in [6, 6.07) is 8.59. The van der Waals surface area contributed by atoms with Crippen molar-refractivity contribution < 1.29 is 21.7 Å². The first kappa shape index (κ1) is 19.2. The number of nitrogens with zero attached hydrogens (tertiary/aromatic N) is 1. The lowest BCUT2D eigenvalue weighted by Crippen LogP contribution is -2.14. The van der Waals surface area contributed by atoms with Crippen molar-refractivity contribution in [1.82, 2.24) is 5.16 Å². The number of nitrogens with two attached hydrogens (primary N) is 1. The molecule has 1 heterocycles. The van der Waals surface area contributed by atoms with Gasteiger partial charge in [-0.05, 0) is 35.9 Å². The molecule has 0 fully saturated rings. The van der Waals surface area contributed by atoms with E-state index in [0.29, 0.717) is 11.3 Å². The van der Waals surface area contributed by atoms with Gasteiger partial charge >= 0.3 is 0 Å². The fourth-order valence-electron chi connectivity index (χ4n) is 2.49. The van der Waals surface area contributed by atoms with Gasteiger partial charge < -0.3 is 4.52 Å². The number of primary sulfonamides is 1. The lowest BCUT2D eigenvalue weighted by molar-refractivity contribution is 0.332. The summed E-state index contributed by atoms with van der Waals surface area (Å²) in [6.45, 7) is -0.962. The summed E-state index contributed by atoms with van der Waals surface area (Å²) in [7, 11) is -4.21. The normalized spacial score (nSPS) is 11.7. The largest absolute Gasteiger partial charge is 0.357 e. The molecule has 0 radical (unpaired) electrons. The van der Waals surface area contributed by atoms with Crippen LogP contribution in [-0.2, 0) is 16.7 Å². The molecule has 3 aromatic rings. The van der Waals surface area contributed by atoms with Gasteiger partial charge in [0.15, 0.2) is 12.4 Å². The predicted molar refractivity (Wildman–Crippen MR) is 98.9 cm³/mol. The zero-order chi connectivity index (χ0) is 19.1. The van der Waals surface area contributed by atoms with E-state index >= 15 is 0 Å². The molecule has 5 nitrogen and oxygen atoms in total. The van der Waals surface area contributed by atoms with E-state index in [2.05, 4.69) is 37.0 Å². The van der Waals surface area contributed by atoms with Crippen LogP contribution in [0.1, 0.15) is 5.76 Å². The number of benzene rings is 2. The SMILES string of the molecule is NS(=O)(=O)c1ccc(-c2c(-c3cc(Br)cc(Br)c3)noc2CF)cc1F. The van der Waals surface area contributed by atoms with Crippen molar-refractivity contribution in [1.29, 1.82) is 0 Å². The van der Waals surface area contributed by atoms with Crippen LogP contribution in [0.4, 0.5) is 8.78 Å². The zero-order valence-corrected chi connectivity index (χ0v) is 16.8. The Morgan fingerprint density at radius 2 is 1.73 bits per heavy atom. The second kappa shape index (κ2) is 7.18. The second-order valence-electron chi connectivity index (χ2n) is 5.31. The Bertz CT molecular complexity index is 1080. The monoisotopic (exact) mass is 506 g/mol. The molecule has 0 atom stereocenters. The third-order valence-electron chi connectivity index (χ3n) is 3.55. The van der Waals surface area contributed by atoms with Gasteiger partial charge in [0.1, 0.15) is 16.4 Å². The molecule has 0 bridgehead atoms. The van der Waals surface area contributed by atoms with Gasteiger partial charge in [0.25, 0.3) is 0 Å². The summed E-state index contributed by atoms with van der Waals surface area (Å²) in [5, 5.41) is 8.86. The van der Waals surface area contributed by atoms with Crippen LogP contribution in [0.5, 0.6) is 0 Å². The summed E-state index contributed by atoms with van der Waals surface area (Å²) >= 11 is 6.71. The van der Waals surface area contributed by atoms with Gasteiger partial charge in [-0.15, -0.1) is 0 Å². The average Bonchev–Trinajstić information content (AvgIpc) is 2.96. The summed E-state index contributed by atoms with van der Waals surface area (Å²) in [4.78, 5) is -0.647. The van der Waals surface area contributed by atoms with Crippen molar-refractivity contribution in [3.63, 3.8) is 0 Å². The lowest BCUT2D eigenvalue weighted by atomic mass is 9.99. The fourth-order valence-corrected chi connectivity index (χ4v) is 4.37. The summed E-state index contributed by atoms with van der Waals surface area (Å²) in [6.07, 6.45) is 0. The second-order valence-corrected chi connectivity index (χ2v) is 8.67. The van der Waals surface area contributed by atoms with Crippen LogP contribution in [0, 0.1) is 5.82 Å². The summed E-state index contributed by atoms with van der Waals surface area (Å²) in [5.41, 5.74) is 1.34. The Hall–Kier alpha value is -1.62. The fraction of sp³-hybridized carbons (Fsp3) is 0.0625. The highest BCUT2D eigenvalue weighted by molar-refractivity contribution is 9.11. The van der Waals surface area contributed by atoms with Gasteiger partial charge in [-0.25, -0.2) is 22.3 Å². The van der Waals surface area contributed by atoms with Crippen LogP contribution in [0.15, 0.2) is 54.8 Å². The van der Waals surface area contributed by atoms with Crippen molar-refractivity contribution >= 4 is 41.9 Å². The van der Waals surface area contributed by atoms with Crippen molar-refractivity contribution in [3.8, 4) is 22.4 Å². The summed E-state index contributed by atoms with van der Waals surface area (Å²) < 4.78 is 56.9. The number of rotatable bonds is 4. The van der Waals surface area contributed by atoms with Gasteiger partial charge in [0.05, 0.1) is 5.56 Å². The van der Waals surface area contributed by atoms with Gasteiger partial charge in [-0.3, -0.25) is 0 Å². The maximum atomic E-state index is 14.2. The minimum absolute atomic E-state index is 0.0983. The molecule has 2 aromatic carbocycles. The molecule has 10 heteroatoms. The number of aromatic nitrogens is 1. The van der Waals surface area contributed by atoms with Crippen LogP contribution < -0.4 is 5.14 Å². The highest BCUT2D eigenvalue weighted by atomic mass is 79.9. The van der Waals surface area contributed by atoms with E-state index in [4.69, 9.17) is 9.66 Å². The molecule has 0 amide bonds. The predicted octanol–water partition coefficient (Wildman–Crippen LogP) is 4.79. The third-order valence-corrected chi connectivity index (χ3v) is 5.41. The zero-order valence-electron chi connectivity index (χ0n) is 12.8. The molecule has 0 saturated heterocycles. The number of hydrogen-bond acceptors (Lipinski definition) is 4. The van der Waals surface area contributed by atoms with E-state index in [-0.39, 0.29) is 16.9 Å². The highest BCUT2D eigenvalue weighted by Crippen LogP contribution is 2.38. The Morgan fingerprint density at radius 1 is 1.08 bits per heavy atom. The minimum atomic E-state index is -4.21. The number of sulfonamides is 1. The van der Waals surface area contributed by atoms with Gasteiger partial charge in [-0.2, -0.15) is 0 Å². The number of hydrogen-bond donors (Lipinski definition) is 1. The molecule has 0 aliphatic heterocycles. The van der Waals surface area contributed by atoms with Crippen LogP contribution >= 0.6 is 31.9 Å². The summed E-state index contributed by atoms with van der Waals surface area (Å²) in [5.74, 6) is -1.14. The topological polar surface area (TPSA) is 86.2 Å². The van der Waals surface area contributed by atoms with E-state index in [0.717, 1.165) is 21.1 Å². The molecular formula is C16H10Br2F2N2O3S. The first-order chi connectivity index (χ1) is 12.2. The van der Waals surface area contributed by atoms with Crippen LogP contribution in [0.2, 0.25) is 0 Å². The molecule has 26 heavy (non-hydrogen) atoms. The molecule has 1 aromatic heterocycles. The molecule has 2 N–H and O–H groups in total. The molecule has 3 rings (SSSR count). The van der Waals surface area contributed by atoms with Crippen LogP contribution in [0.3, 0.4) is 0 Å². The maximum absolute atomic E-state index is 14.2. The molecule has 136 valence electrons. The van der Waals surface area contributed by atoms with Crippen molar-refractivity contribution in [2.24, 2.45) is 5.14 Å². The van der Waals surface area contributed by atoms with Crippen molar-refractivity contribution in [2.75, 3.05) is 0 Å². The third kappa shape index (κ3) is 3.73. The van der Waals surface area contributed by atoms with Gasteiger partial charge in [0.2, 0.25) is 10.0 Å². The van der Waals surface area contributed by atoms with Crippen LogP contribution in [0.25, 0.3) is 22.4 Å². The molecule has 0 unspecified atom stereocenters.